The van der Waals surface area contributed by atoms with Crippen LogP contribution in [0.2, 0.25) is 0 Å². The van der Waals surface area contributed by atoms with Crippen LogP contribution in [0.5, 0.6) is 0 Å². The first kappa shape index (κ1) is 12.8. The van der Waals surface area contributed by atoms with E-state index < -0.39 is 23.4 Å². The lowest BCUT2D eigenvalue weighted by Crippen LogP contribution is -2.25. The summed E-state index contributed by atoms with van der Waals surface area (Å²) >= 11 is 5.38. The fraction of sp³-hybridized carbons (Fsp3) is 0.300. The number of hydrogen-bond donors (Lipinski definition) is 1. The van der Waals surface area contributed by atoms with Gasteiger partial charge in [-0.05, 0) is 18.6 Å². The van der Waals surface area contributed by atoms with Gasteiger partial charge < -0.3 is 5.32 Å². The third-order valence-electron chi connectivity index (χ3n) is 1.84. The van der Waals surface area contributed by atoms with Crippen molar-refractivity contribution in [3.8, 4) is 0 Å². The van der Waals surface area contributed by atoms with Crippen LogP contribution in [0.3, 0.4) is 0 Å². The molecule has 88 valence electrons. The smallest absolute Gasteiger partial charge is 0.251 e. The molecule has 1 aromatic carbocycles. The maximum Gasteiger partial charge on any atom is 0.251 e. The summed E-state index contributed by atoms with van der Waals surface area (Å²) in [5.74, 6) is -4.66. The molecule has 6 heteroatoms. The van der Waals surface area contributed by atoms with Crippen molar-refractivity contribution in [1.82, 2.24) is 5.32 Å². The molecule has 0 bridgehead atoms. The van der Waals surface area contributed by atoms with Gasteiger partial charge in [-0.1, -0.05) is 0 Å². The Morgan fingerprint density at radius 3 is 2.31 bits per heavy atom. The second kappa shape index (κ2) is 5.75. The molecular weight excluding hydrogens is 243 g/mol. The van der Waals surface area contributed by atoms with E-state index in [4.69, 9.17) is 11.6 Å². The standard InChI is InChI=1S/C10H9ClF3NO/c11-2-1-3-15-10(16)6-4-7(12)9(14)8(13)5-6/h4-5H,1-3H2,(H,15,16). The molecule has 1 aromatic rings. The largest absolute Gasteiger partial charge is 0.352 e. The van der Waals surface area contributed by atoms with Crippen molar-refractivity contribution in [2.75, 3.05) is 12.4 Å². The van der Waals surface area contributed by atoms with E-state index in [1.165, 1.54) is 0 Å². The molecule has 0 unspecified atom stereocenters. The van der Waals surface area contributed by atoms with Gasteiger partial charge in [-0.15, -0.1) is 11.6 Å². The Labute approximate surface area is 95.4 Å². The topological polar surface area (TPSA) is 29.1 Å². The summed E-state index contributed by atoms with van der Waals surface area (Å²) in [5.41, 5.74) is -0.258. The van der Waals surface area contributed by atoms with Crippen LogP contribution in [0, 0.1) is 17.5 Å². The summed E-state index contributed by atoms with van der Waals surface area (Å²) in [6.45, 7) is 0.295. The van der Waals surface area contributed by atoms with Gasteiger partial charge in [0.05, 0.1) is 0 Å². The highest BCUT2D eigenvalue weighted by Crippen LogP contribution is 2.13. The van der Waals surface area contributed by atoms with Gasteiger partial charge in [0.2, 0.25) is 0 Å². The monoisotopic (exact) mass is 251 g/mol. The highest BCUT2D eigenvalue weighted by molar-refractivity contribution is 6.17. The number of carbonyl (C=O) groups excluding carboxylic acids is 1. The minimum atomic E-state index is -1.59. The molecule has 1 N–H and O–H groups in total. The van der Waals surface area contributed by atoms with Crippen molar-refractivity contribution in [2.45, 2.75) is 6.42 Å². The average molecular weight is 252 g/mol. The minimum absolute atomic E-state index is 0.258. The second-order valence-electron chi connectivity index (χ2n) is 3.05. The number of nitrogens with one attached hydrogen (secondary N) is 1. The molecule has 0 fully saturated rings. The first-order chi connectivity index (χ1) is 7.56. The van der Waals surface area contributed by atoms with Gasteiger partial charge >= 0.3 is 0 Å². The van der Waals surface area contributed by atoms with E-state index in [0.29, 0.717) is 31.0 Å². The summed E-state index contributed by atoms with van der Waals surface area (Å²) < 4.78 is 38.1. The number of rotatable bonds is 4. The maximum absolute atomic E-state index is 12.8. The van der Waals surface area contributed by atoms with Gasteiger partial charge in [-0.25, -0.2) is 13.2 Å². The molecule has 0 saturated heterocycles. The lowest BCUT2D eigenvalue weighted by Gasteiger charge is -2.04. The molecule has 0 heterocycles. The van der Waals surface area contributed by atoms with Gasteiger partial charge in [0.1, 0.15) is 0 Å². The third kappa shape index (κ3) is 3.13. The third-order valence-corrected chi connectivity index (χ3v) is 2.11. The second-order valence-corrected chi connectivity index (χ2v) is 3.43. The number of hydrogen-bond acceptors (Lipinski definition) is 1. The van der Waals surface area contributed by atoms with Crippen molar-refractivity contribution < 1.29 is 18.0 Å². The van der Waals surface area contributed by atoms with Gasteiger partial charge in [0.25, 0.3) is 5.91 Å². The molecule has 2 nitrogen and oxygen atoms in total. The summed E-state index contributed by atoms with van der Waals surface area (Å²) in [7, 11) is 0. The molecular formula is C10H9ClF3NO. The Kier molecular flexibility index (Phi) is 4.61. The fourth-order valence-corrected chi connectivity index (χ4v) is 1.19. The Hall–Kier alpha value is -1.23. The average Bonchev–Trinajstić information content (AvgIpc) is 2.25. The van der Waals surface area contributed by atoms with Crippen molar-refractivity contribution in [3.63, 3.8) is 0 Å². The predicted molar refractivity (Wildman–Crippen MR) is 54.0 cm³/mol. The first-order valence-electron chi connectivity index (χ1n) is 4.55. The molecule has 16 heavy (non-hydrogen) atoms. The minimum Gasteiger partial charge on any atom is -0.352 e. The number of alkyl halides is 1. The SMILES string of the molecule is O=C(NCCCCl)c1cc(F)c(F)c(F)c1. The van der Waals surface area contributed by atoms with Gasteiger partial charge in [-0.3, -0.25) is 4.79 Å². The maximum atomic E-state index is 12.8. The molecule has 0 saturated carbocycles. The van der Waals surface area contributed by atoms with Crippen LogP contribution in [0.25, 0.3) is 0 Å². The van der Waals surface area contributed by atoms with Crippen molar-refractivity contribution in [3.05, 3.63) is 35.1 Å². The zero-order valence-corrected chi connectivity index (χ0v) is 8.95. The summed E-state index contributed by atoms with van der Waals surface area (Å²) in [6.07, 6.45) is 0.541. The van der Waals surface area contributed by atoms with Crippen LogP contribution in [-0.2, 0) is 0 Å². The Morgan fingerprint density at radius 1 is 1.25 bits per heavy atom. The van der Waals surface area contributed by atoms with Gasteiger partial charge in [0, 0.05) is 18.0 Å². The Balaban J connectivity index is 2.76. The van der Waals surface area contributed by atoms with Crippen molar-refractivity contribution in [1.29, 1.82) is 0 Å². The molecule has 0 aromatic heterocycles. The highest BCUT2D eigenvalue weighted by atomic mass is 35.5. The van der Waals surface area contributed by atoms with Crippen molar-refractivity contribution in [2.24, 2.45) is 0 Å². The van der Waals surface area contributed by atoms with Gasteiger partial charge in [-0.2, -0.15) is 0 Å². The van der Waals surface area contributed by atoms with Crippen LogP contribution in [0.1, 0.15) is 16.8 Å². The summed E-state index contributed by atoms with van der Waals surface area (Å²) in [5, 5.41) is 2.39. The molecule has 0 atom stereocenters. The lowest BCUT2D eigenvalue weighted by atomic mass is 10.2. The van der Waals surface area contributed by atoms with Crippen LogP contribution in [-0.4, -0.2) is 18.3 Å². The highest BCUT2D eigenvalue weighted by Gasteiger charge is 2.14. The molecule has 1 rings (SSSR count). The molecule has 0 aliphatic carbocycles. The molecule has 0 aliphatic rings. The summed E-state index contributed by atoms with van der Waals surface area (Å²) in [4.78, 5) is 11.3. The Morgan fingerprint density at radius 2 is 1.81 bits per heavy atom. The number of benzene rings is 1. The van der Waals surface area contributed by atoms with E-state index in [2.05, 4.69) is 5.32 Å². The number of halogens is 4. The van der Waals surface area contributed by atoms with E-state index in [-0.39, 0.29) is 5.56 Å². The number of carbonyl (C=O) groups is 1. The first-order valence-corrected chi connectivity index (χ1v) is 5.08. The van der Waals surface area contributed by atoms with Crippen LogP contribution in [0.15, 0.2) is 12.1 Å². The predicted octanol–water partition coefficient (Wildman–Crippen LogP) is 2.46. The van der Waals surface area contributed by atoms with E-state index in [0.717, 1.165) is 0 Å². The quantitative estimate of drug-likeness (QED) is 0.497. The fourth-order valence-electron chi connectivity index (χ4n) is 1.06. The number of amides is 1. The molecule has 0 spiro atoms. The van der Waals surface area contributed by atoms with Gasteiger partial charge in [0.15, 0.2) is 17.5 Å². The zero-order chi connectivity index (χ0) is 12.1. The van der Waals surface area contributed by atoms with E-state index in [1.54, 1.807) is 0 Å². The van der Waals surface area contributed by atoms with Crippen LogP contribution < -0.4 is 5.32 Å². The zero-order valence-electron chi connectivity index (χ0n) is 8.20. The van der Waals surface area contributed by atoms with E-state index >= 15 is 0 Å². The van der Waals surface area contributed by atoms with Crippen LogP contribution >= 0.6 is 11.6 Å². The molecule has 0 radical (unpaired) electrons. The van der Waals surface area contributed by atoms with Crippen molar-refractivity contribution >= 4 is 17.5 Å². The molecule has 1 amide bonds. The lowest BCUT2D eigenvalue weighted by molar-refractivity contribution is 0.0952. The Bertz CT molecular complexity index is 375. The normalized spacial score (nSPS) is 10.2. The van der Waals surface area contributed by atoms with E-state index in [1.807, 2.05) is 0 Å². The van der Waals surface area contributed by atoms with E-state index in [9.17, 15) is 18.0 Å². The van der Waals surface area contributed by atoms with Crippen LogP contribution in [0.4, 0.5) is 13.2 Å². The molecule has 0 aliphatic heterocycles. The summed E-state index contributed by atoms with van der Waals surface area (Å²) in [6, 6.07) is 1.29.